The Kier molecular flexibility index (Phi) is 4.29. The molecule has 0 saturated carbocycles. The molecule has 2 aromatic rings. The Labute approximate surface area is 140 Å². The maximum Gasteiger partial charge on any atom is 0.225 e. The average Bonchev–Trinajstić information content (AvgIpc) is 3.18. The van der Waals surface area contributed by atoms with E-state index in [2.05, 4.69) is 37.3 Å². The third-order valence-electron chi connectivity index (χ3n) is 4.75. The van der Waals surface area contributed by atoms with Crippen LogP contribution in [-0.2, 0) is 11.3 Å². The van der Waals surface area contributed by atoms with Crippen molar-refractivity contribution >= 4 is 17.3 Å². The van der Waals surface area contributed by atoms with Crippen molar-refractivity contribution in [3.8, 4) is 0 Å². The number of hydrogen-bond donors (Lipinski definition) is 0. The highest BCUT2D eigenvalue weighted by Crippen LogP contribution is 2.35. The molecule has 4 heterocycles. The molecule has 122 valence electrons. The van der Waals surface area contributed by atoms with E-state index in [-0.39, 0.29) is 5.41 Å². The number of nitrogens with zero attached hydrogens (tertiary/aromatic N) is 4. The second-order valence-corrected chi connectivity index (χ2v) is 7.60. The number of anilines is 1. The molecule has 5 nitrogen and oxygen atoms in total. The smallest absolute Gasteiger partial charge is 0.225 e. The summed E-state index contributed by atoms with van der Waals surface area (Å²) in [5, 5.41) is 2.16. The zero-order valence-corrected chi connectivity index (χ0v) is 14.0. The number of rotatable bonds is 3. The normalized spacial score (nSPS) is 25.8. The molecule has 4 rings (SSSR count). The lowest BCUT2D eigenvalue weighted by molar-refractivity contribution is 0.0798. The lowest BCUT2D eigenvalue weighted by atomic mass is 9.87. The van der Waals surface area contributed by atoms with E-state index in [1.54, 1.807) is 0 Å². The largest absolute Gasteiger partial charge is 0.379 e. The molecule has 2 aromatic heterocycles. The number of hydrogen-bond acceptors (Lipinski definition) is 6. The molecule has 2 aliphatic heterocycles. The van der Waals surface area contributed by atoms with Crippen LogP contribution in [0, 0.1) is 5.41 Å². The first-order chi connectivity index (χ1) is 11.3. The van der Waals surface area contributed by atoms with Gasteiger partial charge in [0.05, 0.1) is 13.2 Å². The topological polar surface area (TPSA) is 41.5 Å². The monoisotopic (exact) mass is 330 g/mol. The van der Waals surface area contributed by atoms with Crippen molar-refractivity contribution in [2.75, 3.05) is 44.3 Å². The predicted octanol–water partition coefficient (Wildman–Crippen LogP) is 2.27. The molecule has 2 fully saturated rings. The van der Waals surface area contributed by atoms with E-state index in [0.29, 0.717) is 0 Å². The zero-order valence-electron chi connectivity index (χ0n) is 13.2. The summed E-state index contributed by atoms with van der Waals surface area (Å²) in [5.41, 5.74) is 0.201. The molecule has 2 aliphatic rings. The number of thiophene rings is 1. The quantitative estimate of drug-likeness (QED) is 0.863. The first kappa shape index (κ1) is 15.1. The molecule has 0 amide bonds. The SMILES string of the molecule is c1cnc(N2CCC3(COCCN(Cc4cccs4)C3)C2)nc1. The van der Waals surface area contributed by atoms with Crippen molar-refractivity contribution in [2.45, 2.75) is 13.0 Å². The maximum atomic E-state index is 5.96. The summed E-state index contributed by atoms with van der Waals surface area (Å²) in [6, 6.07) is 6.23. The van der Waals surface area contributed by atoms with Crippen molar-refractivity contribution in [1.29, 1.82) is 0 Å². The highest BCUT2D eigenvalue weighted by molar-refractivity contribution is 7.09. The summed E-state index contributed by atoms with van der Waals surface area (Å²) in [5.74, 6) is 0.846. The van der Waals surface area contributed by atoms with E-state index in [1.165, 1.54) is 4.88 Å². The van der Waals surface area contributed by atoms with Gasteiger partial charge in [-0.15, -0.1) is 11.3 Å². The minimum absolute atomic E-state index is 0.201. The highest BCUT2D eigenvalue weighted by atomic mass is 32.1. The Morgan fingerprint density at radius 3 is 2.91 bits per heavy atom. The molecule has 0 aromatic carbocycles. The van der Waals surface area contributed by atoms with E-state index >= 15 is 0 Å². The molecule has 1 atom stereocenters. The Bertz CT molecular complexity index is 621. The van der Waals surface area contributed by atoms with Gasteiger partial charge in [0, 0.05) is 55.4 Å². The molecule has 1 spiro atoms. The van der Waals surface area contributed by atoms with Gasteiger partial charge >= 0.3 is 0 Å². The van der Waals surface area contributed by atoms with Gasteiger partial charge in [0.15, 0.2) is 0 Å². The maximum absolute atomic E-state index is 5.96. The van der Waals surface area contributed by atoms with Gasteiger partial charge in [-0.25, -0.2) is 9.97 Å². The van der Waals surface area contributed by atoms with Crippen LogP contribution >= 0.6 is 11.3 Å². The van der Waals surface area contributed by atoms with Crippen molar-refractivity contribution < 1.29 is 4.74 Å². The standard InChI is InChI=1S/C17H22N4OS/c1-3-15(23-10-1)11-20-8-9-22-14-17(12-20)4-7-21(13-17)16-18-5-2-6-19-16/h1-3,5-6,10H,4,7-9,11-14H2. The van der Waals surface area contributed by atoms with Crippen molar-refractivity contribution in [3.05, 3.63) is 40.8 Å². The second-order valence-electron chi connectivity index (χ2n) is 6.56. The molecule has 0 aliphatic carbocycles. The number of ether oxygens (including phenoxy) is 1. The second kappa shape index (κ2) is 6.55. The van der Waals surface area contributed by atoms with Crippen LogP contribution in [0.2, 0.25) is 0 Å². The van der Waals surface area contributed by atoms with Crippen LogP contribution in [0.5, 0.6) is 0 Å². The van der Waals surface area contributed by atoms with Gasteiger partial charge in [-0.1, -0.05) is 6.07 Å². The van der Waals surface area contributed by atoms with Gasteiger partial charge in [-0.2, -0.15) is 0 Å². The molecule has 0 N–H and O–H groups in total. The summed E-state index contributed by atoms with van der Waals surface area (Å²) in [4.78, 5) is 15.1. The fourth-order valence-corrected chi connectivity index (χ4v) is 4.39. The van der Waals surface area contributed by atoms with Crippen LogP contribution in [0.25, 0.3) is 0 Å². The van der Waals surface area contributed by atoms with E-state index in [4.69, 9.17) is 4.74 Å². The minimum atomic E-state index is 0.201. The predicted molar refractivity (Wildman–Crippen MR) is 91.7 cm³/mol. The van der Waals surface area contributed by atoms with Crippen LogP contribution in [0.1, 0.15) is 11.3 Å². The first-order valence-corrected chi connectivity index (χ1v) is 9.05. The summed E-state index contributed by atoms with van der Waals surface area (Å²) < 4.78 is 5.96. The third-order valence-corrected chi connectivity index (χ3v) is 5.61. The summed E-state index contributed by atoms with van der Waals surface area (Å²) in [6.07, 6.45) is 4.78. The molecular formula is C17H22N4OS. The Hall–Kier alpha value is -1.50. The Morgan fingerprint density at radius 1 is 1.17 bits per heavy atom. The van der Waals surface area contributed by atoms with E-state index < -0.39 is 0 Å². The van der Waals surface area contributed by atoms with Crippen LogP contribution in [-0.4, -0.2) is 54.3 Å². The van der Waals surface area contributed by atoms with E-state index in [0.717, 1.165) is 58.3 Å². The average molecular weight is 330 g/mol. The molecule has 0 radical (unpaired) electrons. The first-order valence-electron chi connectivity index (χ1n) is 8.18. The minimum Gasteiger partial charge on any atom is -0.379 e. The third kappa shape index (κ3) is 3.39. The molecule has 1 unspecified atom stereocenters. The van der Waals surface area contributed by atoms with Crippen molar-refractivity contribution in [3.63, 3.8) is 0 Å². The van der Waals surface area contributed by atoms with E-state index in [1.807, 2.05) is 29.8 Å². The summed E-state index contributed by atoms with van der Waals surface area (Å²) in [6.45, 7) is 6.81. The molecular weight excluding hydrogens is 308 g/mol. The van der Waals surface area contributed by atoms with Gasteiger partial charge < -0.3 is 9.64 Å². The molecule has 23 heavy (non-hydrogen) atoms. The zero-order chi connectivity index (χ0) is 15.5. The Balaban J connectivity index is 1.46. The van der Waals surface area contributed by atoms with Gasteiger partial charge in [0.1, 0.15) is 0 Å². The van der Waals surface area contributed by atoms with Crippen LogP contribution in [0.3, 0.4) is 0 Å². The summed E-state index contributed by atoms with van der Waals surface area (Å²) in [7, 11) is 0. The van der Waals surface area contributed by atoms with Gasteiger partial charge in [0.25, 0.3) is 0 Å². The molecule has 2 saturated heterocycles. The number of aromatic nitrogens is 2. The van der Waals surface area contributed by atoms with Gasteiger partial charge in [0.2, 0.25) is 5.95 Å². The van der Waals surface area contributed by atoms with Gasteiger partial charge in [-0.05, 0) is 23.9 Å². The molecule has 0 bridgehead atoms. The lowest BCUT2D eigenvalue weighted by Gasteiger charge is -2.31. The van der Waals surface area contributed by atoms with Crippen molar-refractivity contribution in [2.24, 2.45) is 5.41 Å². The fraction of sp³-hybridized carbons (Fsp3) is 0.529. The van der Waals surface area contributed by atoms with E-state index in [9.17, 15) is 0 Å². The van der Waals surface area contributed by atoms with Crippen molar-refractivity contribution in [1.82, 2.24) is 14.9 Å². The highest BCUT2D eigenvalue weighted by Gasteiger charge is 2.41. The van der Waals surface area contributed by atoms with Gasteiger partial charge in [-0.3, -0.25) is 4.90 Å². The Morgan fingerprint density at radius 2 is 2.09 bits per heavy atom. The molecule has 6 heteroatoms. The lowest BCUT2D eigenvalue weighted by Crippen LogP contribution is -2.40. The van der Waals surface area contributed by atoms with Crippen LogP contribution < -0.4 is 4.90 Å². The van der Waals surface area contributed by atoms with Crippen LogP contribution in [0.15, 0.2) is 36.0 Å². The summed E-state index contributed by atoms with van der Waals surface area (Å²) >= 11 is 1.84. The fourth-order valence-electron chi connectivity index (χ4n) is 3.65. The van der Waals surface area contributed by atoms with Crippen LogP contribution in [0.4, 0.5) is 5.95 Å².